The van der Waals surface area contributed by atoms with Crippen molar-refractivity contribution in [3.8, 4) is 6.07 Å². The van der Waals surface area contributed by atoms with Crippen LogP contribution in [0.1, 0.15) is 27.8 Å². The third kappa shape index (κ3) is 5.05. The minimum atomic E-state index is -0.413. The maximum Gasteiger partial charge on any atom is 0.266 e. The molecular weight excluding hydrogens is 472 g/mol. The first-order valence-electron chi connectivity index (χ1n) is 10.7. The summed E-state index contributed by atoms with van der Waals surface area (Å²) in [5.74, 6) is -0.413. The van der Waals surface area contributed by atoms with E-state index in [-0.39, 0.29) is 5.57 Å². The minimum absolute atomic E-state index is 0.0692. The van der Waals surface area contributed by atoms with Crippen LogP contribution in [0.25, 0.3) is 16.8 Å². The third-order valence-electron chi connectivity index (χ3n) is 5.68. The van der Waals surface area contributed by atoms with E-state index in [2.05, 4.69) is 45.5 Å². The van der Waals surface area contributed by atoms with Gasteiger partial charge in [0.15, 0.2) is 0 Å². The van der Waals surface area contributed by atoms with Gasteiger partial charge in [-0.05, 0) is 71.5 Å². The van der Waals surface area contributed by atoms with Crippen LogP contribution < -0.4 is 5.32 Å². The summed E-state index contributed by atoms with van der Waals surface area (Å²) in [6.45, 7) is 3.95. The van der Waals surface area contributed by atoms with E-state index in [4.69, 9.17) is 0 Å². The second-order valence-electron chi connectivity index (χ2n) is 8.07. The summed E-state index contributed by atoms with van der Waals surface area (Å²) in [5.41, 5.74) is 5.93. The van der Waals surface area contributed by atoms with E-state index in [0.29, 0.717) is 12.1 Å². The molecule has 4 aromatic carbocycles. The lowest BCUT2D eigenvalue weighted by Crippen LogP contribution is -2.14. The summed E-state index contributed by atoms with van der Waals surface area (Å²) in [7, 11) is 0. The van der Waals surface area contributed by atoms with Gasteiger partial charge in [-0.2, -0.15) is 5.26 Å². The molecule has 4 heteroatoms. The zero-order valence-electron chi connectivity index (χ0n) is 18.5. The van der Waals surface area contributed by atoms with Crippen molar-refractivity contribution in [3.63, 3.8) is 0 Å². The highest BCUT2D eigenvalue weighted by atomic mass is 79.9. The summed E-state index contributed by atoms with van der Waals surface area (Å²) in [6.07, 6.45) is 2.39. The van der Waals surface area contributed by atoms with Gasteiger partial charge in [-0.25, -0.2) is 0 Å². The molecule has 0 atom stereocenters. The molecule has 0 saturated carbocycles. The normalized spacial score (nSPS) is 11.3. The molecule has 0 bridgehead atoms. The van der Waals surface area contributed by atoms with Crippen molar-refractivity contribution in [2.24, 2.45) is 0 Å². The predicted octanol–water partition coefficient (Wildman–Crippen LogP) is 7.36. The Morgan fingerprint density at radius 2 is 1.73 bits per heavy atom. The summed E-state index contributed by atoms with van der Waals surface area (Å²) >= 11 is 3.63. The van der Waals surface area contributed by atoms with Crippen LogP contribution in [0.2, 0.25) is 0 Å². The number of aryl methyl sites for hydroxylation is 2. The number of halogens is 1. The number of amides is 1. The first-order chi connectivity index (χ1) is 16.0. The maximum absolute atomic E-state index is 13.0. The molecule has 1 N–H and O–H groups in total. The smallest absolute Gasteiger partial charge is 0.266 e. The number of benzene rings is 4. The fraction of sp³-hybridized carbons (Fsp3) is 0.103. The highest BCUT2D eigenvalue weighted by molar-refractivity contribution is 9.10. The molecule has 4 rings (SSSR count). The van der Waals surface area contributed by atoms with Crippen LogP contribution in [0.5, 0.6) is 0 Å². The Morgan fingerprint density at radius 1 is 0.970 bits per heavy atom. The summed E-state index contributed by atoms with van der Waals surface area (Å²) in [6, 6.07) is 28.2. The standard InChI is InChI=1S/C29H23BrN2O/c1-19-11-14-28(20(2)15-19)32-29(33)24(18-31)17-26-22(16-23-8-4-6-10-27(23)30)13-12-21-7-3-5-9-25(21)26/h3-15,17H,16H2,1-2H3,(H,32,33)/b24-17+. The van der Waals surface area contributed by atoms with E-state index in [1.165, 1.54) is 0 Å². The number of carbonyl (C=O) groups excluding carboxylic acids is 1. The first kappa shape index (κ1) is 22.5. The molecule has 0 aliphatic rings. The first-order valence-corrected chi connectivity index (χ1v) is 11.5. The van der Waals surface area contributed by atoms with Gasteiger partial charge in [0.1, 0.15) is 11.6 Å². The Bertz CT molecular complexity index is 1430. The zero-order valence-corrected chi connectivity index (χ0v) is 20.1. The lowest BCUT2D eigenvalue weighted by Gasteiger charge is -2.13. The van der Waals surface area contributed by atoms with Gasteiger partial charge in [0.05, 0.1) is 0 Å². The number of nitrogens with one attached hydrogen (secondary N) is 1. The Kier molecular flexibility index (Phi) is 6.72. The average Bonchev–Trinajstić information content (AvgIpc) is 2.81. The van der Waals surface area contributed by atoms with Crippen molar-refractivity contribution in [2.75, 3.05) is 5.32 Å². The zero-order chi connectivity index (χ0) is 23.4. The van der Waals surface area contributed by atoms with E-state index in [1.54, 1.807) is 6.08 Å². The number of rotatable bonds is 5. The van der Waals surface area contributed by atoms with E-state index in [0.717, 1.165) is 43.1 Å². The largest absolute Gasteiger partial charge is 0.321 e. The van der Waals surface area contributed by atoms with Gasteiger partial charge in [0, 0.05) is 10.2 Å². The van der Waals surface area contributed by atoms with Gasteiger partial charge in [-0.3, -0.25) is 4.79 Å². The number of nitriles is 1. The molecule has 0 heterocycles. The molecule has 0 saturated heterocycles. The molecule has 0 aliphatic heterocycles. The van der Waals surface area contributed by atoms with Crippen LogP contribution in [0.3, 0.4) is 0 Å². The number of anilines is 1. The molecule has 1 amide bonds. The molecule has 3 nitrogen and oxygen atoms in total. The Balaban J connectivity index is 1.78. The van der Waals surface area contributed by atoms with Crippen molar-refractivity contribution < 1.29 is 4.79 Å². The third-order valence-corrected chi connectivity index (χ3v) is 6.46. The molecule has 0 radical (unpaired) electrons. The quantitative estimate of drug-likeness (QED) is 0.232. The lowest BCUT2D eigenvalue weighted by molar-refractivity contribution is -0.112. The van der Waals surface area contributed by atoms with Crippen molar-refractivity contribution in [1.82, 2.24) is 0 Å². The van der Waals surface area contributed by atoms with Crippen LogP contribution in [-0.2, 0) is 11.2 Å². The second kappa shape index (κ2) is 9.85. The van der Waals surface area contributed by atoms with Crippen LogP contribution in [0.15, 0.2) is 88.9 Å². The molecule has 33 heavy (non-hydrogen) atoms. The molecular formula is C29H23BrN2O. The van der Waals surface area contributed by atoms with Gasteiger partial charge in [-0.15, -0.1) is 0 Å². The molecule has 0 aromatic heterocycles. The van der Waals surface area contributed by atoms with Crippen molar-refractivity contribution in [2.45, 2.75) is 20.3 Å². The molecule has 4 aromatic rings. The van der Waals surface area contributed by atoms with Crippen molar-refractivity contribution in [3.05, 3.63) is 117 Å². The Hall–Kier alpha value is -3.68. The van der Waals surface area contributed by atoms with Crippen LogP contribution >= 0.6 is 15.9 Å². The van der Waals surface area contributed by atoms with E-state index in [9.17, 15) is 10.1 Å². The van der Waals surface area contributed by atoms with Crippen LogP contribution in [0.4, 0.5) is 5.69 Å². The maximum atomic E-state index is 13.0. The van der Waals surface area contributed by atoms with Crippen molar-refractivity contribution >= 4 is 44.4 Å². The number of carbonyl (C=O) groups is 1. The fourth-order valence-corrected chi connectivity index (χ4v) is 4.37. The molecule has 0 fully saturated rings. The van der Waals surface area contributed by atoms with Gasteiger partial charge >= 0.3 is 0 Å². The number of fused-ring (bicyclic) bond motifs is 1. The number of hydrogen-bond acceptors (Lipinski definition) is 2. The highest BCUT2D eigenvalue weighted by Gasteiger charge is 2.14. The molecule has 0 spiro atoms. The molecule has 0 unspecified atom stereocenters. The predicted molar refractivity (Wildman–Crippen MR) is 139 cm³/mol. The van der Waals surface area contributed by atoms with E-state index >= 15 is 0 Å². The Morgan fingerprint density at radius 3 is 2.48 bits per heavy atom. The summed E-state index contributed by atoms with van der Waals surface area (Å²) in [5, 5.41) is 14.8. The van der Waals surface area contributed by atoms with E-state index in [1.807, 2.05) is 74.5 Å². The topological polar surface area (TPSA) is 52.9 Å². The van der Waals surface area contributed by atoms with Crippen LogP contribution in [-0.4, -0.2) is 5.91 Å². The lowest BCUT2D eigenvalue weighted by atomic mass is 9.93. The monoisotopic (exact) mass is 494 g/mol. The van der Waals surface area contributed by atoms with Gasteiger partial charge in [0.25, 0.3) is 5.91 Å². The highest BCUT2D eigenvalue weighted by Crippen LogP contribution is 2.29. The van der Waals surface area contributed by atoms with E-state index < -0.39 is 5.91 Å². The summed E-state index contributed by atoms with van der Waals surface area (Å²) < 4.78 is 1.03. The minimum Gasteiger partial charge on any atom is -0.321 e. The van der Waals surface area contributed by atoms with Crippen molar-refractivity contribution in [1.29, 1.82) is 5.26 Å². The Labute approximate surface area is 202 Å². The number of hydrogen-bond donors (Lipinski definition) is 1. The molecule has 162 valence electrons. The number of nitrogens with zero attached hydrogens (tertiary/aromatic N) is 1. The second-order valence-corrected chi connectivity index (χ2v) is 8.92. The van der Waals surface area contributed by atoms with Gasteiger partial charge < -0.3 is 5.32 Å². The SMILES string of the molecule is Cc1ccc(NC(=O)/C(C#N)=C/c2c(Cc3ccccc3Br)ccc3ccccc23)c(C)c1. The van der Waals surface area contributed by atoms with Crippen LogP contribution in [0, 0.1) is 25.2 Å². The fourth-order valence-electron chi connectivity index (χ4n) is 3.95. The van der Waals surface area contributed by atoms with Gasteiger partial charge in [0.2, 0.25) is 0 Å². The molecule has 0 aliphatic carbocycles. The van der Waals surface area contributed by atoms with Gasteiger partial charge in [-0.1, -0.05) is 88.2 Å². The summed E-state index contributed by atoms with van der Waals surface area (Å²) in [4.78, 5) is 13.0. The average molecular weight is 495 g/mol.